The molecule has 0 spiro atoms. The maximum Gasteiger partial charge on any atom is 0.135 e. The molecule has 2 aromatic heterocycles. The minimum atomic E-state index is 0.551. The molecule has 1 aliphatic rings. The molecule has 10 rings (SSSR count). The molecule has 4 N–H and O–H groups in total. The molecule has 0 fully saturated rings. The topological polar surface area (TPSA) is 138 Å². The second-order valence-electron chi connectivity index (χ2n) is 13.5. The van der Waals surface area contributed by atoms with Gasteiger partial charge in [0.05, 0.1) is 75.4 Å². The van der Waals surface area contributed by atoms with E-state index in [1.807, 2.05) is 97.1 Å². The predicted molar refractivity (Wildman–Crippen MR) is 226 cm³/mol. The molecule has 3 heterocycles. The van der Waals surface area contributed by atoms with Crippen LogP contribution in [0.5, 0.6) is 0 Å². The number of rotatable bonds is 8. The van der Waals surface area contributed by atoms with E-state index in [4.69, 9.17) is 8.83 Å². The predicted octanol–water partition coefficient (Wildman–Crippen LogP) is 12.3. The number of para-hydroxylation sites is 4. The summed E-state index contributed by atoms with van der Waals surface area (Å²) in [6, 6.07) is 47.6. The average Bonchev–Trinajstić information content (AvgIpc) is 3.93. The third-order valence-electron chi connectivity index (χ3n) is 10.1. The summed E-state index contributed by atoms with van der Waals surface area (Å²) >= 11 is 0. The van der Waals surface area contributed by atoms with Crippen molar-refractivity contribution in [3.05, 3.63) is 145 Å². The molecule has 56 heavy (non-hydrogen) atoms. The van der Waals surface area contributed by atoms with Gasteiger partial charge in [-0.1, -0.05) is 24.3 Å². The van der Waals surface area contributed by atoms with Crippen molar-refractivity contribution < 1.29 is 8.83 Å². The summed E-state index contributed by atoms with van der Waals surface area (Å²) in [4.78, 5) is 6.66. The lowest BCUT2D eigenvalue weighted by Gasteiger charge is -2.23. The molecule has 0 atom stereocenters. The normalized spacial score (nSPS) is 12.0. The number of hydrogen-bond donors (Lipinski definition) is 4. The van der Waals surface area contributed by atoms with E-state index in [0.29, 0.717) is 23.5 Å². The van der Waals surface area contributed by atoms with E-state index in [2.05, 4.69) is 74.3 Å². The summed E-state index contributed by atoms with van der Waals surface area (Å²) in [5.74, 6) is 0. The summed E-state index contributed by atoms with van der Waals surface area (Å²) in [6.45, 7) is 4.47. The molecule has 9 aromatic rings. The zero-order valence-electron chi connectivity index (χ0n) is 29.7. The van der Waals surface area contributed by atoms with E-state index < -0.39 is 0 Å². The Morgan fingerprint density at radius 3 is 1.66 bits per heavy atom. The second-order valence-corrected chi connectivity index (χ2v) is 13.5. The van der Waals surface area contributed by atoms with Crippen molar-refractivity contribution in [3.8, 4) is 12.1 Å². The van der Waals surface area contributed by atoms with E-state index in [-0.39, 0.29) is 0 Å². The van der Waals surface area contributed by atoms with E-state index in [1.54, 1.807) is 12.1 Å². The molecule has 0 unspecified atom stereocenters. The quantitative estimate of drug-likeness (QED) is 0.113. The van der Waals surface area contributed by atoms with Crippen molar-refractivity contribution in [2.24, 2.45) is 4.99 Å². The zero-order valence-corrected chi connectivity index (χ0v) is 29.7. The summed E-state index contributed by atoms with van der Waals surface area (Å²) < 4.78 is 12.1. The molecule has 10 nitrogen and oxygen atoms in total. The maximum absolute atomic E-state index is 9.47. The van der Waals surface area contributed by atoms with Crippen LogP contribution in [-0.4, -0.2) is 13.4 Å². The number of hydrogen-bond acceptors (Lipinski definition) is 10. The molecule has 10 heteroatoms. The zero-order chi connectivity index (χ0) is 37.8. The summed E-state index contributed by atoms with van der Waals surface area (Å²) in [5, 5.41) is 37.0. The number of nitriles is 2. The lowest BCUT2D eigenvalue weighted by molar-refractivity contribution is 0.668. The second kappa shape index (κ2) is 13.0. The number of aliphatic imine (C=N–C) groups is 1. The Morgan fingerprint density at radius 1 is 0.554 bits per heavy atom. The maximum atomic E-state index is 9.47. The molecule has 0 aliphatic carbocycles. The molecule has 0 bridgehead atoms. The van der Waals surface area contributed by atoms with Gasteiger partial charge in [-0.25, -0.2) is 0 Å². The standard InChI is InChI=1S/C46H30N8O2/c1-49-38-23-42-40(22-39(38)53-36-7-3-2-6-35(36)51-29-12-16-45-33(20-29)31-18-27(24-47)10-14-43(31)55-45)50-26-54(42)41-9-5-4-8-37(41)52-30-13-17-46-34(21-30)32-19-28(25-48)11-15-44(32)56-46/h2-23,50-53H,1,26H2. The molecule has 0 radical (unpaired) electrons. The first kappa shape index (κ1) is 32.4. The average molecular weight is 727 g/mol. The number of nitrogens with one attached hydrogen (secondary N) is 4. The Kier molecular flexibility index (Phi) is 7.55. The first-order valence-corrected chi connectivity index (χ1v) is 17.9. The molecule has 0 amide bonds. The van der Waals surface area contributed by atoms with E-state index >= 15 is 0 Å². The molecule has 0 saturated heterocycles. The van der Waals surface area contributed by atoms with Gasteiger partial charge in [0.15, 0.2) is 0 Å². The lowest BCUT2D eigenvalue weighted by Crippen LogP contribution is -2.17. The highest BCUT2D eigenvalue weighted by atomic mass is 16.3. The van der Waals surface area contributed by atoms with Crippen molar-refractivity contribution >= 4 is 107 Å². The van der Waals surface area contributed by atoms with Crippen LogP contribution in [0.1, 0.15) is 11.1 Å². The van der Waals surface area contributed by atoms with Gasteiger partial charge < -0.3 is 35.0 Å². The highest BCUT2D eigenvalue weighted by molar-refractivity contribution is 6.08. The molecular weight excluding hydrogens is 697 g/mol. The minimum absolute atomic E-state index is 0.551. The van der Waals surface area contributed by atoms with Gasteiger partial charge >= 0.3 is 0 Å². The van der Waals surface area contributed by atoms with E-state index in [9.17, 15) is 10.5 Å². The first-order valence-electron chi connectivity index (χ1n) is 17.9. The number of nitrogens with zero attached hydrogens (tertiary/aromatic N) is 4. The lowest BCUT2D eigenvalue weighted by atomic mass is 10.1. The molecule has 266 valence electrons. The van der Waals surface area contributed by atoms with E-state index in [0.717, 1.165) is 95.1 Å². The van der Waals surface area contributed by atoms with Gasteiger partial charge in [-0.05, 0) is 116 Å². The Bertz CT molecular complexity index is 3150. The van der Waals surface area contributed by atoms with Gasteiger partial charge in [0.1, 0.15) is 22.3 Å². The fraction of sp³-hybridized carbons (Fsp3) is 0.0217. The fourth-order valence-electron chi connectivity index (χ4n) is 7.46. The highest BCUT2D eigenvalue weighted by Gasteiger charge is 2.25. The number of furan rings is 2. The van der Waals surface area contributed by atoms with Crippen LogP contribution in [0.15, 0.2) is 147 Å². The third-order valence-corrected chi connectivity index (χ3v) is 10.1. The highest BCUT2D eigenvalue weighted by Crippen LogP contribution is 2.46. The van der Waals surface area contributed by atoms with Gasteiger partial charge in [0, 0.05) is 32.9 Å². The van der Waals surface area contributed by atoms with Gasteiger partial charge in [-0.15, -0.1) is 0 Å². The largest absolute Gasteiger partial charge is 0.456 e. The van der Waals surface area contributed by atoms with Gasteiger partial charge in [-0.3, -0.25) is 4.99 Å². The Hall–Kier alpha value is -8.21. The third kappa shape index (κ3) is 5.54. The summed E-state index contributed by atoms with van der Waals surface area (Å²) in [6.07, 6.45) is 0. The van der Waals surface area contributed by atoms with Crippen LogP contribution in [0.3, 0.4) is 0 Å². The Morgan fingerprint density at radius 2 is 1.07 bits per heavy atom. The molecule has 1 aliphatic heterocycles. The van der Waals surface area contributed by atoms with Gasteiger partial charge in [-0.2, -0.15) is 10.5 Å². The van der Waals surface area contributed by atoms with Gasteiger partial charge in [0.25, 0.3) is 0 Å². The minimum Gasteiger partial charge on any atom is -0.456 e. The van der Waals surface area contributed by atoms with Gasteiger partial charge in [0.2, 0.25) is 0 Å². The van der Waals surface area contributed by atoms with Crippen molar-refractivity contribution in [2.45, 2.75) is 0 Å². The smallest absolute Gasteiger partial charge is 0.135 e. The van der Waals surface area contributed by atoms with Crippen LogP contribution in [0.25, 0.3) is 43.9 Å². The number of benzene rings is 7. The number of anilines is 9. The van der Waals surface area contributed by atoms with Crippen molar-refractivity contribution in [1.82, 2.24) is 0 Å². The van der Waals surface area contributed by atoms with Crippen LogP contribution in [-0.2, 0) is 0 Å². The first-order chi connectivity index (χ1) is 27.5. The van der Waals surface area contributed by atoms with Crippen LogP contribution in [0.2, 0.25) is 0 Å². The van der Waals surface area contributed by atoms with Crippen LogP contribution in [0.4, 0.5) is 56.9 Å². The van der Waals surface area contributed by atoms with Crippen LogP contribution < -0.4 is 26.2 Å². The Balaban J connectivity index is 0.935. The van der Waals surface area contributed by atoms with Crippen molar-refractivity contribution in [2.75, 3.05) is 32.8 Å². The molecule has 0 saturated carbocycles. The number of fused-ring (bicyclic) bond motifs is 7. The molecule has 7 aromatic carbocycles. The Labute approximate surface area is 320 Å². The van der Waals surface area contributed by atoms with Crippen LogP contribution >= 0.6 is 0 Å². The monoisotopic (exact) mass is 726 g/mol. The van der Waals surface area contributed by atoms with Crippen molar-refractivity contribution in [1.29, 1.82) is 10.5 Å². The summed E-state index contributed by atoms with van der Waals surface area (Å²) in [5.41, 5.74) is 13.0. The summed E-state index contributed by atoms with van der Waals surface area (Å²) in [7, 11) is 0. The fourth-order valence-corrected chi connectivity index (χ4v) is 7.46. The van der Waals surface area contributed by atoms with E-state index in [1.165, 1.54) is 0 Å². The van der Waals surface area contributed by atoms with Crippen molar-refractivity contribution in [3.63, 3.8) is 0 Å². The molecular formula is C46H30N8O2. The van der Waals surface area contributed by atoms with Crippen LogP contribution in [0, 0.1) is 22.7 Å². The SMILES string of the molecule is C=Nc1cc2c(cc1Nc1ccccc1Nc1ccc3oc4ccc(C#N)cc4c3c1)NCN2c1ccccc1Nc1ccc2oc3ccc(C#N)cc3c2c1.